The number of nitrogens with one attached hydrogen (secondary N) is 1. The zero-order chi connectivity index (χ0) is 13.1. The van der Waals surface area contributed by atoms with E-state index in [1.807, 2.05) is 0 Å². The van der Waals surface area contributed by atoms with Crippen molar-refractivity contribution >= 4 is 11.6 Å². The Morgan fingerprint density at radius 2 is 1.71 bits per heavy atom. The molecule has 0 fully saturated rings. The van der Waals surface area contributed by atoms with Crippen molar-refractivity contribution in [3.63, 3.8) is 0 Å². The van der Waals surface area contributed by atoms with Crippen LogP contribution in [-0.2, 0) is 0 Å². The smallest absolute Gasteiger partial charge is 0.168 e. The molecule has 0 spiro atoms. The Labute approximate surface area is 95.7 Å². The molecule has 0 aliphatic rings. The lowest BCUT2D eigenvalue weighted by Gasteiger charge is -2.29. The number of hydrogen-bond donors (Lipinski definition) is 5. The zero-order valence-electron chi connectivity index (χ0n) is 8.82. The molecule has 0 aromatic carbocycles. The van der Waals surface area contributed by atoms with Crippen LogP contribution in [0.1, 0.15) is 0 Å². The second kappa shape index (κ2) is 5.21. The van der Waals surface area contributed by atoms with Gasteiger partial charge in [0.05, 0.1) is 19.8 Å². The fraction of sp³-hybridized carbons (Fsp3) is 0.444. The van der Waals surface area contributed by atoms with Crippen molar-refractivity contribution in [1.82, 2.24) is 4.98 Å². The minimum atomic E-state index is -1.56. The topological polar surface area (TPSA) is 112 Å². The predicted octanol–water partition coefficient (Wildman–Crippen LogP) is -0.930. The molecule has 1 rings (SSSR count). The number of hydrogen-bond acceptors (Lipinski definition) is 6. The van der Waals surface area contributed by atoms with Crippen LogP contribution in [0, 0.1) is 11.6 Å². The highest BCUT2D eigenvalue weighted by Gasteiger charge is 2.29. The quantitative estimate of drug-likeness (QED) is 0.461. The molecule has 8 heteroatoms. The lowest BCUT2D eigenvalue weighted by Crippen LogP contribution is -2.49. The summed E-state index contributed by atoms with van der Waals surface area (Å²) >= 11 is 0. The third-order valence-corrected chi connectivity index (χ3v) is 2.25. The van der Waals surface area contributed by atoms with E-state index in [2.05, 4.69) is 10.3 Å². The maximum Gasteiger partial charge on any atom is 0.168 e. The SMILES string of the molecule is Nc1nc(NC(CO)(CO)CO)c(F)cc1F. The third-order valence-electron chi connectivity index (χ3n) is 2.25. The maximum absolute atomic E-state index is 13.3. The van der Waals surface area contributed by atoms with E-state index in [1.165, 1.54) is 0 Å². The van der Waals surface area contributed by atoms with Gasteiger partial charge >= 0.3 is 0 Å². The van der Waals surface area contributed by atoms with Crippen molar-refractivity contribution in [1.29, 1.82) is 0 Å². The van der Waals surface area contributed by atoms with Gasteiger partial charge in [0.1, 0.15) is 5.54 Å². The van der Waals surface area contributed by atoms with E-state index in [0.717, 1.165) is 0 Å². The first-order valence-corrected chi connectivity index (χ1v) is 4.70. The molecule has 6 nitrogen and oxygen atoms in total. The van der Waals surface area contributed by atoms with E-state index in [0.29, 0.717) is 6.07 Å². The average Bonchev–Trinajstić information content (AvgIpc) is 2.33. The fourth-order valence-electron chi connectivity index (χ4n) is 1.09. The number of nitrogen functional groups attached to an aromatic ring is 1. The molecule has 0 amide bonds. The molecule has 0 aliphatic heterocycles. The monoisotopic (exact) mass is 249 g/mol. The summed E-state index contributed by atoms with van der Waals surface area (Å²) in [6.07, 6.45) is 0. The van der Waals surface area contributed by atoms with Gasteiger partial charge in [0.2, 0.25) is 0 Å². The van der Waals surface area contributed by atoms with Crippen molar-refractivity contribution in [3.05, 3.63) is 17.7 Å². The molecule has 0 unspecified atom stereocenters. The Bertz CT molecular complexity index is 391. The Hall–Kier alpha value is -1.51. The van der Waals surface area contributed by atoms with Crippen molar-refractivity contribution in [2.45, 2.75) is 5.54 Å². The van der Waals surface area contributed by atoms with Crippen LogP contribution in [0.2, 0.25) is 0 Å². The van der Waals surface area contributed by atoms with Crippen LogP contribution < -0.4 is 11.1 Å². The van der Waals surface area contributed by atoms with Crippen LogP contribution in [0.15, 0.2) is 6.07 Å². The van der Waals surface area contributed by atoms with Crippen LogP contribution in [-0.4, -0.2) is 45.7 Å². The molecular formula is C9H13F2N3O3. The van der Waals surface area contributed by atoms with Gasteiger partial charge in [-0.05, 0) is 0 Å². The Balaban J connectivity index is 3.05. The number of aromatic nitrogens is 1. The highest BCUT2D eigenvalue weighted by Crippen LogP contribution is 2.20. The molecule has 0 aliphatic carbocycles. The minimum absolute atomic E-state index is 0.457. The molecule has 0 saturated heterocycles. The summed E-state index contributed by atoms with van der Waals surface area (Å²) in [6.45, 7) is -2.00. The number of halogens is 2. The summed E-state index contributed by atoms with van der Waals surface area (Å²) in [5.41, 5.74) is 3.60. The molecule has 0 bridgehead atoms. The zero-order valence-corrected chi connectivity index (χ0v) is 8.82. The first-order chi connectivity index (χ1) is 7.98. The van der Waals surface area contributed by atoms with Crippen LogP contribution in [0.3, 0.4) is 0 Å². The number of nitrogens with zero attached hydrogens (tertiary/aromatic N) is 1. The van der Waals surface area contributed by atoms with Crippen LogP contribution >= 0.6 is 0 Å². The van der Waals surface area contributed by atoms with E-state index < -0.39 is 48.6 Å². The molecule has 1 aromatic heterocycles. The molecule has 17 heavy (non-hydrogen) atoms. The molecular weight excluding hydrogens is 236 g/mol. The first kappa shape index (κ1) is 13.6. The molecule has 1 aromatic rings. The lowest BCUT2D eigenvalue weighted by molar-refractivity contribution is 0.0828. The predicted molar refractivity (Wildman–Crippen MR) is 56.2 cm³/mol. The summed E-state index contributed by atoms with van der Waals surface area (Å²) in [5, 5.41) is 29.3. The summed E-state index contributed by atoms with van der Waals surface area (Å²) in [6, 6.07) is 0.515. The van der Waals surface area contributed by atoms with Gasteiger partial charge in [-0.25, -0.2) is 13.8 Å². The van der Waals surface area contributed by atoms with Gasteiger partial charge in [0.25, 0.3) is 0 Å². The average molecular weight is 249 g/mol. The summed E-state index contributed by atoms with van der Waals surface area (Å²) in [7, 11) is 0. The van der Waals surface area contributed by atoms with Gasteiger partial charge in [-0.1, -0.05) is 0 Å². The fourth-order valence-corrected chi connectivity index (χ4v) is 1.09. The van der Waals surface area contributed by atoms with E-state index >= 15 is 0 Å². The van der Waals surface area contributed by atoms with Crippen LogP contribution in [0.4, 0.5) is 20.4 Å². The van der Waals surface area contributed by atoms with Crippen LogP contribution in [0.5, 0.6) is 0 Å². The largest absolute Gasteiger partial charge is 0.394 e. The molecule has 1 heterocycles. The molecule has 0 saturated carbocycles. The highest BCUT2D eigenvalue weighted by atomic mass is 19.1. The number of pyridine rings is 1. The number of anilines is 2. The molecule has 0 atom stereocenters. The number of rotatable bonds is 5. The molecule has 6 N–H and O–H groups in total. The van der Waals surface area contributed by atoms with Gasteiger partial charge < -0.3 is 26.4 Å². The minimum Gasteiger partial charge on any atom is -0.394 e. The van der Waals surface area contributed by atoms with E-state index in [4.69, 9.17) is 21.1 Å². The van der Waals surface area contributed by atoms with Gasteiger partial charge in [-0.3, -0.25) is 0 Å². The maximum atomic E-state index is 13.3. The number of nitrogens with two attached hydrogens (primary N) is 1. The second-order valence-electron chi connectivity index (χ2n) is 3.57. The highest BCUT2D eigenvalue weighted by molar-refractivity contribution is 5.46. The van der Waals surface area contributed by atoms with Crippen LogP contribution in [0.25, 0.3) is 0 Å². The molecule has 0 radical (unpaired) electrons. The summed E-state index contributed by atoms with van der Waals surface area (Å²) in [4.78, 5) is 3.38. The van der Waals surface area contributed by atoms with Crippen molar-refractivity contribution < 1.29 is 24.1 Å². The Kier molecular flexibility index (Phi) is 4.16. The normalized spacial score (nSPS) is 11.6. The van der Waals surface area contributed by atoms with Gasteiger partial charge in [-0.2, -0.15) is 0 Å². The second-order valence-corrected chi connectivity index (χ2v) is 3.57. The van der Waals surface area contributed by atoms with E-state index in [9.17, 15) is 8.78 Å². The Morgan fingerprint density at radius 3 is 2.18 bits per heavy atom. The number of aliphatic hydroxyl groups excluding tert-OH is 3. The lowest BCUT2D eigenvalue weighted by atomic mass is 10.0. The van der Waals surface area contributed by atoms with E-state index in [-0.39, 0.29) is 0 Å². The third kappa shape index (κ3) is 2.78. The van der Waals surface area contributed by atoms with E-state index in [1.54, 1.807) is 0 Å². The molecule has 96 valence electrons. The first-order valence-electron chi connectivity index (χ1n) is 4.70. The van der Waals surface area contributed by atoms with Gasteiger partial charge in [0.15, 0.2) is 23.3 Å². The standard InChI is InChI=1S/C9H13F2N3O3/c10-5-1-6(11)8(13-7(5)12)14-9(2-15,3-16)4-17/h1,15-17H,2-4H2,(H3,12,13,14). The number of aliphatic hydroxyl groups is 3. The van der Waals surface area contributed by atoms with Crippen molar-refractivity contribution in [2.24, 2.45) is 0 Å². The van der Waals surface area contributed by atoms with Crippen molar-refractivity contribution in [3.8, 4) is 0 Å². The van der Waals surface area contributed by atoms with Crippen molar-refractivity contribution in [2.75, 3.05) is 30.9 Å². The Morgan fingerprint density at radius 1 is 1.18 bits per heavy atom. The van der Waals surface area contributed by atoms with Gasteiger partial charge in [-0.15, -0.1) is 0 Å². The van der Waals surface area contributed by atoms with Gasteiger partial charge in [0, 0.05) is 6.07 Å². The summed E-state index contributed by atoms with van der Waals surface area (Å²) in [5.74, 6) is -3.05. The summed E-state index contributed by atoms with van der Waals surface area (Å²) < 4.78 is 26.1.